The molecule has 0 aliphatic rings. The fourth-order valence-electron chi connectivity index (χ4n) is 1.26. The number of rotatable bonds is 5. The summed E-state index contributed by atoms with van der Waals surface area (Å²) < 4.78 is 0. The molecule has 0 spiro atoms. The Balaban J connectivity index is 2.65. The minimum atomic E-state index is 0.602. The summed E-state index contributed by atoms with van der Waals surface area (Å²) in [4.78, 5) is 7.90. The van der Waals surface area contributed by atoms with Gasteiger partial charge in [0.25, 0.3) is 0 Å². The fourth-order valence-corrected chi connectivity index (χ4v) is 2.18. The van der Waals surface area contributed by atoms with Crippen molar-refractivity contribution in [1.29, 1.82) is 0 Å². The van der Waals surface area contributed by atoms with Crippen molar-refractivity contribution in [3.63, 3.8) is 0 Å². The van der Waals surface area contributed by atoms with E-state index in [0.717, 1.165) is 17.4 Å². The molecule has 1 aromatic rings. The van der Waals surface area contributed by atoms with Crippen LogP contribution < -0.4 is 10.6 Å². The summed E-state index contributed by atoms with van der Waals surface area (Å²) in [6, 6.07) is 0. The second-order valence-electron chi connectivity index (χ2n) is 3.48. The molecule has 4 heteroatoms. The van der Waals surface area contributed by atoms with Crippen LogP contribution in [-0.2, 0) is 6.54 Å². The molecular weight excluding hydrogens is 194 g/mol. The van der Waals surface area contributed by atoms with Gasteiger partial charge in [-0.15, -0.1) is 11.3 Å². The Hall–Kier alpha value is -0.610. The van der Waals surface area contributed by atoms with E-state index in [1.165, 1.54) is 17.7 Å². The Kier molecular flexibility index (Phi) is 4.35. The van der Waals surface area contributed by atoms with Gasteiger partial charge in [-0.1, -0.05) is 13.3 Å². The first-order valence-corrected chi connectivity index (χ1v) is 5.88. The number of hydrogen-bond donors (Lipinski definition) is 1. The first-order valence-electron chi connectivity index (χ1n) is 5.06. The molecule has 0 bridgehead atoms. The maximum atomic E-state index is 5.62. The average Bonchev–Trinajstić information content (AvgIpc) is 2.56. The molecule has 1 heterocycles. The number of aryl methyl sites for hydroxylation is 1. The van der Waals surface area contributed by atoms with Gasteiger partial charge in [0.2, 0.25) is 0 Å². The van der Waals surface area contributed by atoms with Crippen molar-refractivity contribution < 1.29 is 0 Å². The van der Waals surface area contributed by atoms with Crippen molar-refractivity contribution >= 4 is 16.5 Å². The van der Waals surface area contributed by atoms with Crippen LogP contribution in [0.4, 0.5) is 5.13 Å². The van der Waals surface area contributed by atoms with Crippen LogP contribution >= 0.6 is 11.3 Å². The number of nitrogens with zero attached hydrogens (tertiary/aromatic N) is 2. The average molecular weight is 213 g/mol. The van der Waals surface area contributed by atoms with E-state index in [0.29, 0.717) is 6.54 Å². The quantitative estimate of drug-likeness (QED) is 0.815. The number of anilines is 1. The van der Waals surface area contributed by atoms with Crippen molar-refractivity contribution in [3.8, 4) is 0 Å². The third kappa shape index (κ3) is 2.69. The van der Waals surface area contributed by atoms with Crippen molar-refractivity contribution in [1.82, 2.24) is 4.98 Å². The Labute approximate surface area is 89.9 Å². The lowest BCUT2D eigenvalue weighted by molar-refractivity contribution is 0.764. The van der Waals surface area contributed by atoms with Gasteiger partial charge in [-0.3, -0.25) is 0 Å². The lowest BCUT2D eigenvalue weighted by atomic mass is 10.3. The van der Waals surface area contributed by atoms with E-state index >= 15 is 0 Å². The summed E-state index contributed by atoms with van der Waals surface area (Å²) in [5.74, 6) is 0. The minimum absolute atomic E-state index is 0.602. The third-order valence-corrected chi connectivity index (χ3v) is 3.53. The van der Waals surface area contributed by atoms with E-state index in [4.69, 9.17) is 5.73 Å². The monoisotopic (exact) mass is 213 g/mol. The minimum Gasteiger partial charge on any atom is -0.351 e. The third-order valence-electron chi connectivity index (χ3n) is 2.24. The Morgan fingerprint density at radius 3 is 2.71 bits per heavy atom. The molecule has 14 heavy (non-hydrogen) atoms. The van der Waals surface area contributed by atoms with Gasteiger partial charge in [-0.05, 0) is 13.3 Å². The summed E-state index contributed by atoms with van der Waals surface area (Å²) in [6.45, 7) is 5.90. The maximum Gasteiger partial charge on any atom is 0.185 e. The molecule has 1 rings (SSSR count). The smallest absolute Gasteiger partial charge is 0.185 e. The van der Waals surface area contributed by atoms with Gasteiger partial charge < -0.3 is 10.6 Å². The molecule has 0 atom stereocenters. The molecule has 0 aliphatic heterocycles. The van der Waals surface area contributed by atoms with E-state index in [1.807, 2.05) is 6.92 Å². The SMILES string of the molecule is CCCCN(C)c1nc(C)c(CN)s1. The molecule has 0 saturated carbocycles. The molecule has 1 aromatic heterocycles. The molecule has 2 N–H and O–H groups in total. The van der Waals surface area contributed by atoms with Gasteiger partial charge in [-0.25, -0.2) is 4.98 Å². The molecule has 0 saturated heterocycles. The Morgan fingerprint density at radius 2 is 2.21 bits per heavy atom. The maximum absolute atomic E-state index is 5.62. The van der Waals surface area contributed by atoms with E-state index in [9.17, 15) is 0 Å². The van der Waals surface area contributed by atoms with Crippen LogP contribution in [0.3, 0.4) is 0 Å². The van der Waals surface area contributed by atoms with Crippen LogP contribution in [0.2, 0.25) is 0 Å². The molecule has 80 valence electrons. The molecule has 0 aliphatic carbocycles. The molecule has 0 fully saturated rings. The van der Waals surface area contributed by atoms with Crippen LogP contribution in [-0.4, -0.2) is 18.6 Å². The summed E-state index contributed by atoms with van der Waals surface area (Å²) in [5, 5.41) is 1.09. The standard InChI is InChI=1S/C10H19N3S/c1-4-5-6-13(3)10-12-8(2)9(7-11)14-10/h4-7,11H2,1-3H3. The summed E-state index contributed by atoms with van der Waals surface area (Å²) in [5.41, 5.74) is 6.70. The summed E-state index contributed by atoms with van der Waals surface area (Å²) in [6.07, 6.45) is 2.44. The van der Waals surface area contributed by atoms with Crippen molar-refractivity contribution in [2.75, 3.05) is 18.5 Å². The molecule has 3 nitrogen and oxygen atoms in total. The Morgan fingerprint density at radius 1 is 1.50 bits per heavy atom. The van der Waals surface area contributed by atoms with Gasteiger partial charge in [0.15, 0.2) is 5.13 Å². The van der Waals surface area contributed by atoms with Crippen molar-refractivity contribution in [2.24, 2.45) is 5.73 Å². The number of unbranched alkanes of at least 4 members (excludes halogenated alkanes) is 1. The highest BCUT2D eigenvalue weighted by Crippen LogP contribution is 2.24. The number of aromatic nitrogens is 1. The number of nitrogens with two attached hydrogens (primary N) is 1. The second kappa shape index (κ2) is 5.32. The zero-order valence-electron chi connectivity index (χ0n) is 9.21. The molecule has 0 amide bonds. The van der Waals surface area contributed by atoms with Crippen LogP contribution in [0, 0.1) is 6.92 Å². The molecule has 0 unspecified atom stereocenters. The van der Waals surface area contributed by atoms with E-state index in [1.54, 1.807) is 11.3 Å². The Bertz CT molecular complexity index is 283. The van der Waals surface area contributed by atoms with Crippen molar-refractivity contribution in [2.45, 2.75) is 33.2 Å². The zero-order valence-corrected chi connectivity index (χ0v) is 10.0. The van der Waals surface area contributed by atoms with Gasteiger partial charge in [0.05, 0.1) is 5.69 Å². The van der Waals surface area contributed by atoms with Crippen molar-refractivity contribution in [3.05, 3.63) is 10.6 Å². The van der Waals surface area contributed by atoms with E-state index in [-0.39, 0.29) is 0 Å². The summed E-state index contributed by atoms with van der Waals surface area (Å²) >= 11 is 1.71. The van der Waals surface area contributed by atoms with Gasteiger partial charge in [0, 0.05) is 25.0 Å². The van der Waals surface area contributed by atoms with Gasteiger partial charge in [0.1, 0.15) is 0 Å². The molecule has 0 radical (unpaired) electrons. The van der Waals surface area contributed by atoms with Gasteiger partial charge >= 0.3 is 0 Å². The predicted octanol–water partition coefficient (Wildman–Crippen LogP) is 2.15. The molecular formula is C10H19N3S. The van der Waals surface area contributed by atoms with E-state index in [2.05, 4.69) is 23.9 Å². The molecule has 0 aromatic carbocycles. The lowest BCUT2D eigenvalue weighted by Gasteiger charge is -2.14. The number of thiazole rings is 1. The topological polar surface area (TPSA) is 42.2 Å². The first-order chi connectivity index (χ1) is 6.69. The summed E-state index contributed by atoms with van der Waals surface area (Å²) in [7, 11) is 2.09. The highest BCUT2D eigenvalue weighted by molar-refractivity contribution is 7.15. The highest BCUT2D eigenvalue weighted by atomic mass is 32.1. The first kappa shape index (κ1) is 11.5. The van der Waals surface area contributed by atoms with Crippen LogP contribution in [0.25, 0.3) is 0 Å². The van der Waals surface area contributed by atoms with Gasteiger partial charge in [-0.2, -0.15) is 0 Å². The van der Waals surface area contributed by atoms with Crippen LogP contribution in [0.1, 0.15) is 30.3 Å². The fraction of sp³-hybridized carbons (Fsp3) is 0.700. The normalized spacial score (nSPS) is 10.6. The highest BCUT2D eigenvalue weighted by Gasteiger charge is 2.09. The van der Waals surface area contributed by atoms with Crippen LogP contribution in [0.15, 0.2) is 0 Å². The second-order valence-corrected chi connectivity index (χ2v) is 4.55. The number of hydrogen-bond acceptors (Lipinski definition) is 4. The predicted molar refractivity (Wildman–Crippen MR) is 62.9 cm³/mol. The van der Waals surface area contributed by atoms with E-state index < -0.39 is 0 Å². The van der Waals surface area contributed by atoms with Crippen LogP contribution in [0.5, 0.6) is 0 Å². The largest absolute Gasteiger partial charge is 0.351 e. The zero-order chi connectivity index (χ0) is 10.6. The lowest BCUT2D eigenvalue weighted by Crippen LogP contribution is -2.17.